The van der Waals surface area contributed by atoms with E-state index in [2.05, 4.69) is 5.32 Å². The molecule has 5 N–H and O–H groups in total. The van der Waals surface area contributed by atoms with E-state index in [0.717, 1.165) is 12.8 Å². The van der Waals surface area contributed by atoms with Crippen LogP contribution in [0.1, 0.15) is 104 Å². The Morgan fingerprint density at radius 3 is 2.12 bits per heavy atom. The first-order chi connectivity index (χ1) is 30.2. The lowest BCUT2D eigenvalue weighted by Crippen LogP contribution is -2.49. The van der Waals surface area contributed by atoms with E-state index in [0.29, 0.717) is 26.1 Å². The summed E-state index contributed by atoms with van der Waals surface area (Å²) >= 11 is 0. The number of carbonyl (C=O) groups is 4. The first-order valence-corrected chi connectivity index (χ1v) is 22.2. The summed E-state index contributed by atoms with van der Waals surface area (Å²) in [6, 6.07) is 1.29. The van der Waals surface area contributed by atoms with Crippen molar-refractivity contribution in [3.05, 3.63) is 53.3 Å². The van der Waals surface area contributed by atoms with Crippen molar-refractivity contribution < 1.29 is 63.3 Å². The normalized spacial score (nSPS) is 28.5. The van der Waals surface area contributed by atoms with Crippen molar-refractivity contribution >= 4 is 40.0 Å². The summed E-state index contributed by atoms with van der Waals surface area (Å²) in [6.45, 7) is 19.8. The third kappa shape index (κ3) is 11.0. The molecule has 0 aromatic heterocycles. The number of phenols is 2. The number of phenolic OH excluding ortho intramolecular Hbond substituents is 2. The molecule has 354 valence electrons. The molecule has 5 rings (SSSR count). The van der Waals surface area contributed by atoms with Gasteiger partial charge in [0.05, 0.1) is 41.2 Å². The number of benzene rings is 2. The van der Waals surface area contributed by atoms with Crippen LogP contribution in [0.4, 0.5) is 5.69 Å². The molecule has 0 saturated heterocycles. The highest BCUT2D eigenvalue weighted by molar-refractivity contribution is 6.21. The van der Waals surface area contributed by atoms with Crippen molar-refractivity contribution in [3.63, 3.8) is 0 Å². The Labute approximate surface area is 376 Å². The SMILES string of the molecule is CCCN(CCC)N(CCC)C(=O)COc1cc2c(O)c3c(O)c(C)c4c(c13)C(=O)[C@@](C)(O/C=C/[C@H](OC)[C@@H](C)[C@@H](OC(C)=O)[C@H](C)[C@@H](O)[C@H](C)[C@H](O)[C@H](C)/C=C/C=C(/C)C(=O)N2)O4. The first kappa shape index (κ1) is 51.5. The van der Waals surface area contributed by atoms with E-state index >= 15 is 0 Å². The van der Waals surface area contributed by atoms with Crippen LogP contribution in [0.3, 0.4) is 0 Å². The van der Waals surface area contributed by atoms with Crippen LogP contribution in [-0.4, -0.2) is 118 Å². The van der Waals surface area contributed by atoms with Gasteiger partial charge in [-0.3, -0.25) is 24.2 Å². The number of hydrogen-bond donors (Lipinski definition) is 5. The molecule has 2 amide bonds. The van der Waals surface area contributed by atoms with E-state index in [1.54, 1.807) is 44.9 Å². The molecule has 16 nitrogen and oxygen atoms in total. The van der Waals surface area contributed by atoms with Gasteiger partial charge in [-0.2, -0.15) is 0 Å². The van der Waals surface area contributed by atoms with Gasteiger partial charge >= 0.3 is 11.8 Å². The average molecular weight is 896 g/mol. The number of amides is 2. The number of carbonyl (C=O) groups excluding carboxylic acids is 4. The van der Waals surface area contributed by atoms with Crippen LogP contribution >= 0.6 is 0 Å². The largest absolute Gasteiger partial charge is 0.507 e. The van der Waals surface area contributed by atoms with E-state index in [1.807, 2.05) is 25.8 Å². The monoisotopic (exact) mass is 895 g/mol. The molecular formula is C48H69N3O13. The number of fused-ring (bicyclic) bond motifs is 14. The van der Waals surface area contributed by atoms with Gasteiger partial charge in [-0.1, -0.05) is 66.7 Å². The Morgan fingerprint density at radius 2 is 1.53 bits per heavy atom. The number of Topliss-reactive ketones (excluding diaryl/α,β-unsaturated/α-hetero) is 1. The maximum atomic E-state index is 14.7. The van der Waals surface area contributed by atoms with Gasteiger partial charge < -0.3 is 49.4 Å². The van der Waals surface area contributed by atoms with Crippen LogP contribution in [0.15, 0.2) is 42.2 Å². The van der Waals surface area contributed by atoms with Gasteiger partial charge in [0.2, 0.25) is 0 Å². The lowest BCUT2D eigenvalue weighted by atomic mass is 9.78. The highest BCUT2D eigenvalue weighted by Crippen LogP contribution is 2.54. The highest BCUT2D eigenvalue weighted by atomic mass is 16.7. The molecule has 3 heterocycles. The lowest BCUT2D eigenvalue weighted by Gasteiger charge is -2.38. The minimum atomic E-state index is -2.04. The van der Waals surface area contributed by atoms with Gasteiger partial charge in [0, 0.05) is 86.9 Å². The zero-order chi connectivity index (χ0) is 47.8. The second kappa shape index (κ2) is 22.2. The number of hydrogen-bond acceptors (Lipinski definition) is 14. The van der Waals surface area contributed by atoms with Crippen LogP contribution in [0, 0.1) is 30.6 Å². The van der Waals surface area contributed by atoms with Crippen molar-refractivity contribution in [3.8, 4) is 23.0 Å². The van der Waals surface area contributed by atoms with Crippen molar-refractivity contribution in [2.75, 3.05) is 38.7 Å². The number of methoxy groups -OCH3 is 1. The first-order valence-electron chi connectivity index (χ1n) is 22.2. The lowest BCUT2D eigenvalue weighted by molar-refractivity contribution is -0.160. The predicted octanol–water partition coefficient (Wildman–Crippen LogP) is 6.70. The molecule has 0 fully saturated rings. The molecule has 0 saturated carbocycles. The molecule has 64 heavy (non-hydrogen) atoms. The third-order valence-corrected chi connectivity index (χ3v) is 12.2. The molecule has 3 aliphatic heterocycles. The number of ketones is 1. The van der Waals surface area contributed by atoms with Crippen LogP contribution in [-0.2, 0) is 28.6 Å². The predicted molar refractivity (Wildman–Crippen MR) is 242 cm³/mol. The molecule has 9 atom stereocenters. The summed E-state index contributed by atoms with van der Waals surface area (Å²) in [6.07, 6.45) is 5.90. The minimum absolute atomic E-state index is 0.0565. The Morgan fingerprint density at radius 1 is 0.891 bits per heavy atom. The molecule has 0 unspecified atom stereocenters. The Balaban J connectivity index is 1.94. The molecule has 0 aliphatic carbocycles. The summed E-state index contributed by atoms with van der Waals surface area (Å²) in [4.78, 5) is 54.7. The Kier molecular flexibility index (Phi) is 17.8. The Hall–Kier alpha value is -5.16. The number of ether oxygens (including phenoxy) is 5. The number of aromatic hydroxyl groups is 2. The van der Waals surface area contributed by atoms with Crippen molar-refractivity contribution in [1.82, 2.24) is 10.0 Å². The number of anilines is 1. The highest BCUT2D eigenvalue weighted by Gasteiger charge is 2.50. The summed E-state index contributed by atoms with van der Waals surface area (Å²) in [5.41, 5.74) is -0.00517. The number of aliphatic hydroxyl groups is 2. The molecular weight excluding hydrogens is 827 g/mol. The zero-order valence-corrected chi connectivity index (χ0v) is 39.4. The van der Waals surface area contributed by atoms with Crippen LogP contribution in [0.2, 0.25) is 0 Å². The summed E-state index contributed by atoms with van der Waals surface area (Å²) in [5, 5.41) is 52.5. The number of hydrazine groups is 1. The van der Waals surface area contributed by atoms with E-state index in [-0.39, 0.29) is 50.6 Å². The Bertz CT molecular complexity index is 2110. The van der Waals surface area contributed by atoms with Gasteiger partial charge in [0.25, 0.3) is 17.6 Å². The average Bonchev–Trinajstić information content (AvgIpc) is 3.52. The molecule has 3 aliphatic rings. The second-order valence-electron chi connectivity index (χ2n) is 17.2. The molecule has 2 aromatic rings. The molecule has 0 radical (unpaired) electrons. The second-order valence-corrected chi connectivity index (χ2v) is 17.2. The van der Waals surface area contributed by atoms with Gasteiger partial charge in [-0.15, -0.1) is 0 Å². The van der Waals surface area contributed by atoms with Gasteiger partial charge in [-0.25, -0.2) is 5.01 Å². The summed E-state index contributed by atoms with van der Waals surface area (Å²) in [7, 11) is 1.44. The smallest absolute Gasteiger partial charge is 0.312 e. The fourth-order valence-corrected chi connectivity index (χ4v) is 8.47. The zero-order valence-electron chi connectivity index (χ0n) is 39.4. The van der Waals surface area contributed by atoms with E-state index in [1.165, 1.54) is 59.3 Å². The fraction of sp³-hybridized carbons (Fsp3) is 0.583. The quantitative estimate of drug-likeness (QED) is 0.0852. The summed E-state index contributed by atoms with van der Waals surface area (Å²) in [5.74, 6) is -8.05. The van der Waals surface area contributed by atoms with Crippen LogP contribution in [0.25, 0.3) is 10.8 Å². The molecule has 16 heteroatoms. The number of nitrogens with one attached hydrogen (secondary N) is 1. The van der Waals surface area contributed by atoms with Gasteiger partial charge in [-0.05, 0) is 39.2 Å². The molecule has 0 spiro atoms. The molecule has 5 bridgehead atoms. The summed E-state index contributed by atoms with van der Waals surface area (Å²) < 4.78 is 30.1. The van der Waals surface area contributed by atoms with Gasteiger partial charge in [0.1, 0.15) is 23.4 Å². The number of aliphatic hydroxyl groups excluding tert-OH is 2. The third-order valence-electron chi connectivity index (χ3n) is 12.2. The fourth-order valence-electron chi connectivity index (χ4n) is 8.47. The molecule has 2 aromatic carbocycles. The van der Waals surface area contributed by atoms with E-state index in [9.17, 15) is 39.6 Å². The maximum Gasteiger partial charge on any atom is 0.312 e. The standard InChI is InChI=1S/C48H69N3O13/c1-13-20-50(21-14-2)51(22-15-3)36(53)25-61-35-24-33-43(57)38-37(35)39-45(31(9)42(38)56)64-48(11,46(39)58)62-23-19-34(60-12)28(6)44(63-32(10)52)30(8)41(55)29(7)40(54)26(4)17-16-18-27(5)47(59)49-33/h16-19,23-24,26,28-30,34,40-41,44,54-57H,13-15,20-22,25H2,1-12H3,(H,49,59)/b17-16+,23-19+,27-18-/t26-,28-,29-,30-,34+,40-,41+,44-,48+/m1/s1. The number of esters is 1. The van der Waals surface area contributed by atoms with Crippen molar-refractivity contribution in [2.24, 2.45) is 23.7 Å². The maximum absolute atomic E-state index is 14.7. The van der Waals surface area contributed by atoms with E-state index in [4.69, 9.17) is 23.7 Å². The number of nitrogens with zero attached hydrogens (tertiary/aromatic N) is 2. The number of allylic oxidation sites excluding steroid dienone is 2. The minimum Gasteiger partial charge on any atom is -0.507 e. The van der Waals surface area contributed by atoms with Crippen LogP contribution in [0.5, 0.6) is 23.0 Å². The van der Waals surface area contributed by atoms with Crippen molar-refractivity contribution in [2.45, 2.75) is 126 Å². The van der Waals surface area contributed by atoms with E-state index < -0.39 is 89.6 Å². The van der Waals surface area contributed by atoms with Crippen LogP contribution < -0.4 is 14.8 Å². The van der Waals surface area contributed by atoms with Crippen molar-refractivity contribution in [1.29, 1.82) is 0 Å². The number of rotatable bonds is 12. The van der Waals surface area contributed by atoms with Gasteiger partial charge in [0.15, 0.2) is 12.4 Å². The topological polar surface area (TPSA) is 214 Å².